The second-order valence-corrected chi connectivity index (χ2v) is 6.70. The third-order valence-electron chi connectivity index (χ3n) is 4.17. The van der Waals surface area contributed by atoms with E-state index in [4.69, 9.17) is 0 Å². The molecule has 1 aliphatic rings. The fraction of sp³-hybridized carbons (Fsp3) is 0.625. The fourth-order valence-electron chi connectivity index (χ4n) is 2.77. The van der Waals surface area contributed by atoms with Gasteiger partial charge in [-0.3, -0.25) is 0 Å². The van der Waals surface area contributed by atoms with Crippen molar-refractivity contribution in [3.05, 3.63) is 34.9 Å². The highest BCUT2D eigenvalue weighted by atomic mass is 32.2. The highest BCUT2D eigenvalue weighted by molar-refractivity contribution is 7.99. The Morgan fingerprint density at radius 3 is 2.67 bits per heavy atom. The van der Waals surface area contributed by atoms with Crippen LogP contribution < -0.4 is 5.32 Å². The first-order valence-electron chi connectivity index (χ1n) is 7.07. The number of aryl methyl sites for hydroxylation is 1. The van der Waals surface area contributed by atoms with Gasteiger partial charge in [0, 0.05) is 17.0 Å². The van der Waals surface area contributed by atoms with Gasteiger partial charge in [-0.1, -0.05) is 31.0 Å². The van der Waals surface area contributed by atoms with Gasteiger partial charge in [0.05, 0.1) is 0 Å². The van der Waals surface area contributed by atoms with Crippen molar-refractivity contribution in [3.63, 3.8) is 0 Å². The van der Waals surface area contributed by atoms with E-state index >= 15 is 0 Å². The molecule has 18 heavy (non-hydrogen) atoms. The van der Waals surface area contributed by atoms with Crippen LogP contribution in [-0.2, 0) is 0 Å². The van der Waals surface area contributed by atoms with Crippen LogP contribution in [0.25, 0.3) is 0 Å². The first kappa shape index (κ1) is 14.0. The molecule has 0 aliphatic heterocycles. The maximum Gasteiger partial charge on any atom is 0.0412 e. The average Bonchev–Trinajstić information content (AvgIpc) is 2.88. The van der Waals surface area contributed by atoms with E-state index in [0.29, 0.717) is 6.04 Å². The van der Waals surface area contributed by atoms with Gasteiger partial charge in [-0.05, 0) is 50.4 Å². The summed E-state index contributed by atoms with van der Waals surface area (Å²) in [6.45, 7) is 4.45. The van der Waals surface area contributed by atoms with Crippen LogP contribution in [0.5, 0.6) is 0 Å². The molecular formula is C16H25NS. The molecule has 1 aromatic rings. The SMILES string of the molecule is CNC(CSC1CCCC1)c1cccc(C)c1C. The molecule has 0 saturated heterocycles. The van der Waals surface area contributed by atoms with E-state index in [1.807, 2.05) is 0 Å². The van der Waals surface area contributed by atoms with Crippen molar-refractivity contribution in [1.29, 1.82) is 0 Å². The van der Waals surface area contributed by atoms with Crippen molar-refractivity contribution in [1.82, 2.24) is 5.32 Å². The average molecular weight is 263 g/mol. The zero-order chi connectivity index (χ0) is 13.0. The van der Waals surface area contributed by atoms with Gasteiger partial charge in [0.25, 0.3) is 0 Å². The van der Waals surface area contributed by atoms with Crippen molar-refractivity contribution >= 4 is 11.8 Å². The normalized spacial score (nSPS) is 18.2. The Hall–Kier alpha value is -0.470. The zero-order valence-electron chi connectivity index (χ0n) is 11.8. The lowest BCUT2D eigenvalue weighted by atomic mass is 9.98. The summed E-state index contributed by atoms with van der Waals surface area (Å²) in [6, 6.07) is 7.16. The predicted molar refractivity (Wildman–Crippen MR) is 82.4 cm³/mol. The lowest BCUT2D eigenvalue weighted by molar-refractivity contribution is 0.655. The largest absolute Gasteiger partial charge is 0.312 e. The molecule has 0 heterocycles. The molecule has 2 heteroatoms. The molecule has 0 amide bonds. The summed E-state index contributed by atoms with van der Waals surface area (Å²) >= 11 is 2.16. The molecule has 1 atom stereocenters. The Kier molecular flexibility index (Phi) is 5.13. The van der Waals surface area contributed by atoms with Crippen LogP contribution in [0, 0.1) is 13.8 Å². The molecule has 1 saturated carbocycles. The van der Waals surface area contributed by atoms with E-state index in [2.05, 4.69) is 56.2 Å². The summed E-state index contributed by atoms with van der Waals surface area (Å²) in [5.41, 5.74) is 4.32. The highest BCUT2D eigenvalue weighted by Crippen LogP contribution is 2.32. The molecule has 1 nitrogen and oxygen atoms in total. The summed E-state index contributed by atoms with van der Waals surface area (Å²) in [4.78, 5) is 0. The van der Waals surface area contributed by atoms with Crippen molar-refractivity contribution in [2.24, 2.45) is 0 Å². The van der Waals surface area contributed by atoms with Crippen LogP contribution >= 0.6 is 11.8 Å². The summed E-state index contributed by atoms with van der Waals surface area (Å²) in [5.74, 6) is 1.20. The Morgan fingerprint density at radius 1 is 1.28 bits per heavy atom. The van der Waals surface area contributed by atoms with Crippen molar-refractivity contribution in [2.45, 2.75) is 50.8 Å². The van der Waals surface area contributed by atoms with Crippen LogP contribution in [0.2, 0.25) is 0 Å². The van der Waals surface area contributed by atoms with Gasteiger partial charge in [-0.2, -0.15) is 11.8 Å². The molecule has 0 aromatic heterocycles. The number of thioether (sulfide) groups is 1. The van der Waals surface area contributed by atoms with Crippen LogP contribution in [0.4, 0.5) is 0 Å². The van der Waals surface area contributed by atoms with Gasteiger partial charge in [0.2, 0.25) is 0 Å². The third-order valence-corrected chi connectivity index (χ3v) is 5.64. The molecule has 1 N–H and O–H groups in total. The molecular weight excluding hydrogens is 238 g/mol. The number of nitrogens with one attached hydrogen (secondary N) is 1. The van der Waals surface area contributed by atoms with E-state index in [1.165, 1.54) is 48.1 Å². The van der Waals surface area contributed by atoms with Gasteiger partial charge in [0.1, 0.15) is 0 Å². The minimum atomic E-state index is 0.496. The minimum absolute atomic E-state index is 0.496. The van der Waals surface area contributed by atoms with E-state index < -0.39 is 0 Å². The van der Waals surface area contributed by atoms with Crippen LogP contribution in [-0.4, -0.2) is 18.1 Å². The lowest BCUT2D eigenvalue weighted by Crippen LogP contribution is -2.21. The van der Waals surface area contributed by atoms with Crippen LogP contribution in [0.3, 0.4) is 0 Å². The van der Waals surface area contributed by atoms with Gasteiger partial charge >= 0.3 is 0 Å². The second kappa shape index (κ2) is 6.63. The first-order chi connectivity index (χ1) is 8.72. The summed E-state index contributed by atoms with van der Waals surface area (Å²) in [6.07, 6.45) is 5.72. The molecule has 0 bridgehead atoms. The van der Waals surface area contributed by atoms with E-state index in [9.17, 15) is 0 Å². The maximum atomic E-state index is 3.49. The fourth-order valence-corrected chi connectivity index (χ4v) is 4.24. The van der Waals surface area contributed by atoms with Crippen LogP contribution in [0.1, 0.15) is 48.4 Å². The van der Waals surface area contributed by atoms with Gasteiger partial charge in [-0.15, -0.1) is 0 Å². The minimum Gasteiger partial charge on any atom is -0.312 e. The molecule has 1 unspecified atom stereocenters. The Bertz CT molecular complexity index is 383. The van der Waals surface area contributed by atoms with Crippen molar-refractivity contribution in [2.75, 3.05) is 12.8 Å². The van der Waals surface area contributed by atoms with Crippen LogP contribution in [0.15, 0.2) is 18.2 Å². The second-order valence-electron chi connectivity index (χ2n) is 5.37. The third kappa shape index (κ3) is 3.30. The molecule has 1 aliphatic carbocycles. The smallest absolute Gasteiger partial charge is 0.0412 e. The first-order valence-corrected chi connectivity index (χ1v) is 8.12. The summed E-state index contributed by atoms with van der Waals surface area (Å²) in [7, 11) is 2.08. The molecule has 100 valence electrons. The Balaban J connectivity index is 2.00. The van der Waals surface area contributed by atoms with E-state index in [0.717, 1.165) is 5.25 Å². The predicted octanol–water partition coefficient (Wildman–Crippen LogP) is 4.24. The van der Waals surface area contributed by atoms with Gasteiger partial charge in [0.15, 0.2) is 0 Å². The van der Waals surface area contributed by atoms with E-state index in [1.54, 1.807) is 0 Å². The Morgan fingerprint density at radius 2 is 2.00 bits per heavy atom. The quantitative estimate of drug-likeness (QED) is 0.853. The lowest BCUT2D eigenvalue weighted by Gasteiger charge is -2.21. The van der Waals surface area contributed by atoms with Gasteiger partial charge < -0.3 is 5.32 Å². The number of hydrogen-bond acceptors (Lipinski definition) is 2. The van der Waals surface area contributed by atoms with Crippen molar-refractivity contribution < 1.29 is 0 Å². The molecule has 1 aromatic carbocycles. The zero-order valence-corrected chi connectivity index (χ0v) is 12.6. The number of benzene rings is 1. The highest BCUT2D eigenvalue weighted by Gasteiger charge is 2.19. The monoisotopic (exact) mass is 263 g/mol. The topological polar surface area (TPSA) is 12.0 Å². The molecule has 0 spiro atoms. The van der Waals surface area contributed by atoms with Crippen molar-refractivity contribution in [3.8, 4) is 0 Å². The Labute approximate surface area is 116 Å². The molecule has 1 fully saturated rings. The standard InChI is InChI=1S/C16H25NS/c1-12-7-6-10-15(13(12)2)16(17-3)11-18-14-8-4-5-9-14/h6-7,10,14,16-17H,4-5,8-9,11H2,1-3H3. The molecule has 0 radical (unpaired) electrons. The molecule has 2 rings (SSSR count). The summed E-state index contributed by atoms with van der Waals surface area (Å²) < 4.78 is 0. The summed E-state index contributed by atoms with van der Waals surface area (Å²) in [5, 5.41) is 4.40. The maximum absolute atomic E-state index is 3.49. The number of rotatable bonds is 5. The van der Waals surface area contributed by atoms with E-state index in [-0.39, 0.29) is 0 Å². The van der Waals surface area contributed by atoms with Gasteiger partial charge in [-0.25, -0.2) is 0 Å². The number of hydrogen-bond donors (Lipinski definition) is 1.